The maximum atomic E-state index is 8.69. The quantitative estimate of drug-likeness (QED) is 0.570. The molecule has 1 heteroatoms. The third-order valence-corrected chi connectivity index (χ3v) is 2.42. The van der Waals surface area contributed by atoms with Gasteiger partial charge >= 0.3 is 0 Å². The van der Waals surface area contributed by atoms with Gasteiger partial charge in [0.25, 0.3) is 0 Å². The van der Waals surface area contributed by atoms with Crippen molar-refractivity contribution >= 4 is 0 Å². The first kappa shape index (κ1) is 6.17. The molecule has 0 aromatic carbocycles. The molecule has 0 fully saturated rings. The molecule has 0 amide bonds. The van der Waals surface area contributed by atoms with Gasteiger partial charge in [0.05, 0.1) is 0 Å². The van der Waals surface area contributed by atoms with Crippen LogP contribution in [0.5, 0.6) is 0 Å². The molecule has 2 atom stereocenters. The number of fused-ring (bicyclic) bond motifs is 2. The van der Waals surface area contributed by atoms with Crippen molar-refractivity contribution in [2.45, 2.75) is 12.8 Å². The summed E-state index contributed by atoms with van der Waals surface area (Å²) in [5, 5.41) is 8.69. The Morgan fingerprint density at radius 2 is 2.40 bits per heavy atom. The van der Waals surface area contributed by atoms with Gasteiger partial charge in [-0.3, -0.25) is 0 Å². The molecular weight excluding hydrogens is 124 g/mol. The van der Waals surface area contributed by atoms with Crippen LogP contribution < -0.4 is 0 Å². The summed E-state index contributed by atoms with van der Waals surface area (Å²) in [7, 11) is 0. The van der Waals surface area contributed by atoms with E-state index in [1.165, 1.54) is 12.0 Å². The van der Waals surface area contributed by atoms with Gasteiger partial charge in [0.1, 0.15) is 0 Å². The van der Waals surface area contributed by atoms with E-state index < -0.39 is 0 Å². The Morgan fingerprint density at radius 1 is 1.50 bits per heavy atom. The van der Waals surface area contributed by atoms with Crippen molar-refractivity contribution in [2.75, 3.05) is 6.61 Å². The highest BCUT2D eigenvalue weighted by Gasteiger charge is 2.26. The highest BCUT2D eigenvalue weighted by molar-refractivity contribution is 5.29. The molecule has 2 unspecified atom stereocenters. The van der Waals surface area contributed by atoms with E-state index in [-0.39, 0.29) is 0 Å². The van der Waals surface area contributed by atoms with Crippen LogP contribution in [0.3, 0.4) is 0 Å². The van der Waals surface area contributed by atoms with E-state index in [2.05, 4.69) is 18.2 Å². The predicted molar refractivity (Wildman–Crippen MR) is 40.5 cm³/mol. The van der Waals surface area contributed by atoms with E-state index in [1.807, 2.05) is 0 Å². The van der Waals surface area contributed by atoms with E-state index in [0.717, 1.165) is 6.42 Å². The summed E-state index contributed by atoms with van der Waals surface area (Å²) in [6.45, 7) is 0.308. The smallest absolute Gasteiger partial charge is 0.0468 e. The van der Waals surface area contributed by atoms with Crippen LogP contribution in [0.25, 0.3) is 0 Å². The van der Waals surface area contributed by atoms with Gasteiger partial charge in [0.15, 0.2) is 0 Å². The molecule has 2 rings (SSSR count). The van der Waals surface area contributed by atoms with Crippen LogP contribution in [0, 0.1) is 11.8 Å². The number of rotatable bonds is 2. The lowest BCUT2D eigenvalue weighted by Crippen LogP contribution is -1.95. The number of allylic oxidation sites excluding steroid dienone is 3. The molecule has 0 aromatic rings. The highest BCUT2D eigenvalue weighted by Crippen LogP contribution is 2.39. The molecule has 0 heterocycles. The summed E-state index contributed by atoms with van der Waals surface area (Å²) in [6, 6.07) is 0. The van der Waals surface area contributed by atoms with E-state index in [1.54, 1.807) is 0 Å². The molecule has 0 radical (unpaired) electrons. The molecule has 0 aromatic heterocycles. The van der Waals surface area contributed by atoms with Crippen molar-refractivity contribution in [3.05, 3.63) is 23.8 Å². The van der Waals surface area contributed by atoms with Crippen molar-refractivity contribution in [3.8, 4) is 0 Å². The van der Waals surface area contributed by atoms with Crippen molar-refractivity contribution in [3.63, 3.8) is 0 Å². The van der Waals surface area contributed by atoms with Crippen LogP contribution in [-0.2, 0) is 0 Å². The first-order chi connectivity index (χ1) is 4.90. The second kappa shape index (κ2) is 2.24. The third kappa shape index (κ3) is 0.816. The van der Waals surface area contributed by atoms with Crippen LogP contribution in [0.1, 0.15) is 12.8 Å². The molecule has 0 aliphatic heterocycles. The summed E-state index contributed by atoms with van der Waals surface area (Å²) < 4.78 is 0. The van der Waals surface area contributed by atoms with Crippen molar-refractivity contribution in [1.82, 2.24) is 0 Å². The maximum Gasteiger partial charge on any atom is 0.0468 e. The normalized spacial score (nSPS) is 35.1. The Bertz CT molecular complexity index is 191. The van der Waals surface area contributed by atoms with Crippen molar-refractivity contribution < 1.29 is 5.11 Å². The zero-order chi connectivity index (χ0) is 6.97. The van der Waals surface area contributed by atoms with E-state index in [0.29, 0.717) is 18.4 Å². The van der Waals surface area contributed by atoms with E-state index >= 15 is 0 Å². The van der Waals surface area contributed by atoms with Crippen LogP contribution >= 0.6 is 0 Å². The molecule has 2 aliphatic rings. The summed E-state index contributed by atoms with van der Waals surface area (Å²) in [5.74, 6) is 1.38. The monoisotopic (exact) mass is 136 g/mol. The number of hydrogen-bond acceptors (Lipinski definition) is 1. The lowest BCUT2D eigenvalue weighted by molar-refractivity contribution is 0.296. The standard InChI is InChI=1S/C9H12O/c10-4-3-9-6-7-1-2-8(9)5-7/h1-2,6-8,10H,3-5H2. The molecule has 1 nitrogen and oxygen atoms in total. The number of hydrogen-bond donors (Lipinski definition) is 1. The summed E-state index contributed by atoms with van der Waals surface area (Å²) in [6.07, 6.45) is 9.00. The Labute approximate surface area is 61.1 Å². The number of aliphatic hydroxyl groups excluding tert-OH is 1. The molecule has 0 saturated carbocycles. The summed E-state index contributed by atoms with van der Waals surface area (Å²) >= 11 is 0. The van der Waals surface area contributed by atoms with Gasteiger partial charge in [-0.1, -0.05) is 23.8 Å². The first-order valence-corrected chi connectivity index (χ1v) is 3.90. The molecule has 10 heavy (non-hydrogen) atoms. The third-order valence-electron chi connectivity index (χ3n) is 2.42. The second-order valence-corrected chi connectivity index (χ2v) is 3.11. The van der Waals surface area contributed by atoms with Crippen molar-refractivity contribution in [1.29, 1.82) is 0 Å². The molecule has 1 N–H and O–H groups in total. The highest BCUT2D eigenvalue weighted by atomic mass is 16.2. The molecule has 0 spiro atoms. The molecule has 54 valence electrons. The molecular formula is C9H12O. The molecule has 2 aliphatic carbocycles. The molecule has 2 bridgehead atoms. The minimum Gasteiger partial charge on any atom is -0.396 e. The van der Waals surface area contributed by atoms with Gasteiger partial charge in [-0.25, -0.2) is 0 Å². The Hall–Kier alpha value is -0.560. The minimum atomic E-state index is 0.308. The van der Waals surface area contributed by atoms with Crippen LogP contribution in [0.4, 0.5) is 0 Å². The second-order valence-electron chi connectivity index (χ2n) is 3.11. The predicted octanol–water partition coefficient (Wildman–Crippen LogP) is 1.50. The fourth-order valence-electron chi connectivity index (χ4n) is 1.92. The fourth-order valence-corrected chi connectivity index (χ4v) is 1.92. The van der Waals surface area contributed by atoms with Gasteiger partial charge in [0.2, 0.25) is 0 Å². The Kier molecular flexibility index (Phi) is 1.38. The topological polar surface area (TPSA) is 20.2 Å². The van der Waals surface area contributed by atoms with Crippen LogP contribution in [-0.4, -0.2) is 11.7 Å². The Morgan fingerprint density at radius 3 is 2.90 bits per heavy atom. The van der Waals surface area contributed by atoms with Gasteiger partial charge in [-0.15, -0.1) is 0 Å². The number of aliphatic hydroxyl groups is 1. The summed E-state index contributed by atoms with van der Waals surface area (Å²) in [4.78, 5) is 0. The lowest BCUT2D eigenvalue weighted by Gasteiger charge is -2.06. The first-order valence-electron chi connectivity index (χ1n) is 3.90. The fraction of sp³-hybridized carbons (Fsp3) is 0.556. The largest absolute Gasteiger partial charge is 0.396 e. The SMILES string of the molecule is OCCC1=CC2C=CC1C2. The lowest BCUT2D eigenvalue weighted by atomic mass is 10.0. The molecule has 0 saturated heterocycles. The van der Waals surface area contributed by atoms with Crippen LogP contribution in [0.15, 0.2) is 23.8 Å². The Balaban J connectivity index is 2.07. The van der Waals surface area contributed by atoms with Gasteiger partial charge in [-0.2, -0.15) is 0 Å². The van der Waals surface area contributed by atoms with E-state index in [9.17, 15) is 0 Å². The maximum absolute atomic E-state index is 8.69. The van der Waals surface area contributed by atoms with Gasteiger partial charge < -0.3 is 5.11 Å². The zero-order valence-electron chi connectivity index (χ0n) is 5.96. The van der Waals surface area contributed by atoms with E-state index in [4.69, 9.17) is 5.11 Å². The average Bonchev–Trinajstić information content (AvgIpc) is 2.48. The van der Waals surface area contributed by atoms with Gasteiger partial charge in [-0.05, 0) is 24.7 Å². The average molecular weight is 136 g/mol. The van der Waals surface area contributed by atoms with Gasteiger partial charge in [0, 0.05) is 6.61 Å². The van der Waals surface area contributed by atoms with Crippen LogP contribution in [0.2, 0.25) is 0 Å². The summed E-state index contributed by atoms with van der Waals surface area (Å²) in [5.41, 5.74) is 1.45. The zero-order valence-corrected chi connectivity index (χ0v) is 5.96. The van der Waals surface area contributed by atoms with Crippen molar-refractivity contribution in [2.24, 2.45) is 11.8 Å². The minimum absolute atomic E-state index is 0.308.